The van der Waals surface area contributed by atoms with Crippen LogP contribution in [0.25, 0.3) is 22.4 Å². The summed E-state index contributed by atoms with van der Waals surface area (Å²) in [5, 5.41) is 14.1. The second-order valence-corrected chi connectivity index (χ2v) is 10.2. The number of carboxylic acids is 1. The van der Waals surface area contributed by atoms with E-state index < -0.39 is 11.8 Å². The number of hydrogen-bond donors (Lipinski definition) is 1. The van der Waals surface area contributed by atoms with Crippen LogP contribution < -0.4 is 9.64 Å². The molecule has 0 bridgehead atoms. The Morgan fingerprint density at radius 1 is 1.07 bits per heavy atom. The molecule has 2 aromatic carbocycles. The highest BCUT2D eigenvalue weighted by Gasteiger charge is 2.29. The largest absolute Gasteiger partial charge is 0.478 e. The zero-order valence-corrected chi connectivity index (χ0v) is 22.8. The second kappa shape index (κ2) is 10.8. The van der Waals surface area contributed by atoms with Crippen molar-refractivity contribution in [3.63, 3.8) is 0 Å². The van der Waals surface area contributed by atoms with Crippen LogP contribution in [0.15, 0.2) is 55.0 Å². The molecule has 10 nitrogen and oxygen atoms in total. The third-order valence-corrected chi connectivity index (χ3v) is 7.46. The van der Waals surface area contributed by atoms with E-state index in [2.05, 4.69) is 10.1 Å². The first-order chi connectivity index (χ1) is 19.8. The van der Waals surface area contributed by atoms with Gasteiger partial charge in [0.25, 0.3) is 5.91 Å². The molecule has 12 heteroatoms. The molecule has 4 aromatic rings. The Kier molecular flexibility index (Phi) is 7.06. The highest BCUT2D eigenvalue weighted by molar-refractivity contribution is 6.34. The Balaban J connectivity index is 1.29. The normalized spacial score (nSPS) is 14.9. The Labute approximate surface area is 239 Å². The summed E-state index contributed by atoms with van der Waals surface area (Å²) in [4.78, 5) is 33.1. The zero-order chi connectivity index (χ0) is 28.7. The van der Waals surface area contributed by atoms with Crippen LogP contribution in [0.1, 0.15) is 26.3 Å². The van der Waals surface area contributed by atoms with Crippen LogP contribution in [0, 0.1) is 5.82 Å². The second-order valence-electron chi connectivity index (χ2n) is 9.78. The quantitative estimate of drug-likeness (QED) is 0.370. The molecule has 0 radical (unpaired) electrons. The molecular formula is C29H25ClFN5O5. The van der Waals surface area contributed by atoms with Crippen molar-refractivity contribution < 1.29 is 28.6 Å². The molecule has 1 N–H and O–H groups in total. The van der Waals surface area contributed by atoms with Crippen LogP contribution >= 0.6 is 11.6 Å². The SMILES string of the molecule is Cn1cc(-c2cc(Cl)c(C(=O)N3COc4c(cccc4-c4cc(N5CCOCC5)c(C(=O)O)cc4F)C3)cn2)cn1. The summed E-state index contributed by atoms with van der Waals surface area (Å²) < 4.78 is 28.5. The summed E-state index contributed by atoms with van der Waals surface area (Å²) in [7, 11) is 1.80. The molecule has 1 amide bonds. The maximum atomic E-state index is 15.4. The van der Waals surface area contributed by atoms with E-state index in [0.717, 1.165) is 11.6 Å². The van der Waals surface area contributed by atoms with Gasteiger partial charge in [-0.05, 0) is 18.2 Å². The van der Waals surface area contributed by atoms with Gasteiger partial charge in [0.05, 0.1) is 53.5 Å². The smallest absolute Gasteiger partial charge is 0.337 e. The molecule has 0 unspecified atom stereocenters. The molecule has 0 atom stereocenters. The highest BCUT2D eigenvalue weighted by atomic mass is 35.5. The Morgan fingerprint density at radius 3 is 2.59 bits per heavy atom. The summed E-state index contributed by atoms with van der Waals surface area (Å²) >= 11 is 6.49. The molecule has 6 rings (SSSR count). The minimum atomic E-state index is -1.21. The van der Waals surface area contributed by atoms with Crippen molar-refractivity contribution in [2.75, 3.05) is 37.9 Å². The fourth-order valence-electron chi connectivity index (χ4n) is 5.09. The van der Waals surface area contributed by atoms with Crippen molar-refractivity contribution in [3.8, 4) is 28.1 Å². The fourth-order valence-corrected chi connectivity index (χ4v) is 5.32. The number of aromatic carboxylic acids is 1. The van der Waals surface area contributed by atoms with Crippen LogP contribution in [0.2, 0.25) is 5.02 Å². The topological polar surface area (TPSA) is 110 Å². The monoisotopic (exact) mass is 577 g/mol. The van der Waals surface area contributed by atoms with Crippen LogP contribution in [-0.4, -0.2) is 69.7 Å². The number of carbonyl (C=O) groups excluding carboxylic acids is 1. The molecule has 0 aliphatic carbocycles. The predicted octanol–water partition coefficient (Wildman–Crippen LogP) is 4.47. The number of aromatic nitrogens is 3. The van der Waals surface area contributed by atoms with Gasteiger partial charge in [0.2, 0.25) is 0 Å². The first-order valence-electron chi connectivity index (χ1n) is 12.9. The zero-order valence-electron chi connectivity index (χ0n) is 22.0. The number of pyridine rings is 1. The van der Waals surface area contributed by atoms with E-state index >= 15 is 4.39 Å². The summed E-state index contributed by atoms with van der Waals surface area (Å²) in [6, 6.07) is 9.49. The maximum Gasteiger partial charge on any atom is 0.337 e. The van der Waals surface area contributed by atoms with Crippen molar-refractivity contribution in [1.82, 2.24) is 19.7 Å². The predicted molar refractivity (Wildman–Crippen MR) is 149 cm³/mol. The first kappa shape index (κ1) is 26.7. The molecule has 0 saturated carbocycles. The summed E-state index contributed by atoms with van der Waals surface area (Å²) in [6.07, 6.45) is 4.90. The lowest BCUT2D eigenvalue weighted by atomic mass is 9.97. The first-order valence-corrected chi connectivity index (χ1v) is 13.3. The highest BCUT2D eigenvalue weighted by Crippen LogP contribution is 2.40. The van der Waals surface area contributed by atoms with E-state index in [0.29, 0.717) is 54.6 Å². The van der Waals surface area contributed by atoms with Crippen LogP contribution in [-0.2, 0) is 18.3 Å². The number of aryl methyl sites for hydroxylation is 1. The molecule has 2 aliphatic heterocycles. The van der Waals surface area contributed by atoms with Crippen molar-refractivity contribution >= 4 is 29.2 Å². The van der Waals surface area contributed by atoms with Gasteiger partial charge in [-0.2, -0.15) is 5.10 Å². The Morgan fingerprint density at radius 2 is 1.88 bits per heavy atom. The van der Waals surface area contributed by atoms with E-state index in [-0.39, 0.29) is 40.9 Å². The van der Waals surface area contributed by atoms with Crippen molar-refractivity contribution in [2.24, 2.45) is 7.05 Å². The van der Waals surface area contributed by atoms with Gasteiger partial charge in [-0.15, -0.1) is 0 Å². The van der Waals surface area contributed by atoms with E-state index in [9.17, 15) is 14.7 Å². The van der Waals surface area contributed by atoms with Gasteiger partial charge >= 0.3 is 5.97 Å². The van der Waals surface area contributed by atoms with Crippen molar-refractivity contribution in [3.05, 3.63) is 82.5 Å². The molecule has 41 heavy (non-hydrogen) atoms. The van der Waals surface area contributed by atoms with Gasteiger partial charge < -0.3 is 24.4 Å². The summed E-state index contributed by atoms with van der Waals surface area (Å²) in [5.74, 6) is -1.81. The molecule has 4 heterocycles. The number of ether oxygens (including phenoxy) is 2. The number of benzene rings is 2. The summed E-state index contributed by atoms with van der Waals surface area (Å²) in [6.45, 7) is 2.00. The lowest BCUT2D eigenvalue weighted by molar-refractivity contribution is 0.0515. The van der Waals surface area contributed by atoms with Crippen molar-refractivity contribution in [2.45, 2.75) is 6.54 Å². The lowest BCUT2D eigenvalue weighted by Crippen LogP contribution is -2.37. The minimum Gasteiger partial charge on any atom is -0.478 e. The number of para-hydroxylation sites is 1. The van der Waals surface area contributed by atoms with E-state index in [4.69, 9.17) is 21.1 Å². The number of carboxylic acid groups (broad SMARTS) is 1. The minimum absolute atomic E-state index is 0.0886. The van der Waals surface area contributed by atoms with Gasteiger partial charge in [-0.1, -0.05) is 29.8 Å². The number of amides is 1. The van der Waals surface area contributed by atoms with Gasteiger partial charge in [-0.25, -0.2) is 9.18 Å². The molecular weight excluding hydrogens is 553 g/mol. The van der Waals surface area contributed by atoms with Gasteiger partial charge in [0.15, 0.2) is 6.73 Å². The number of hydrogen-bond acceptors (Lipinski definition) is 7. The van der Waals surface area contributed by atoms with Crippen LogP contribution in [0.3, 0.4) is 0 Å². The average molecular weight is 578 g/mol. The van der Waals surface area contributed by atoms with E-state index in [1.807, 2.05) is 4.90 Å². The Bertz CT molecular complexity index is 1670. The lowest BCUT2D eigenvalue weighted by Gasteiger charge is -2.32. The van der Waals surface area contributed by atoms with Gasteiger partial charge in [-0.3, -0.25) is 14.5 Å². The standard InChI is InChI=1S/C29H25ClFN5O5/c1-34-14-18(12-33-34)25-11-23(30)22(13-32-25)28(37)36-15-17-3-2-4-19(27(17)41-16-36)20-10-26(35-5-7-40-8-6-35)21(29(38)39)9-24(20)31/h2-4,9-14H,5-8,15-16H2,1H3,(H,38,39). The third-order valence-electron chi connectivity index (χ3n) is 7.15. The van der Waals surface area contributed by atoms with Gasteiger partial charge in [0, 0.05) is 54.8 Å². The fraction of sp³-hybridized carbons (Fsp3) is 0.241. The Hall–Kier alpha value is -4.48. The number of carbonyl (C=O) groups is 2. The van der Waals surface area contributed by atoms with Gasteiger partial charge in [0.1, 0.15) is 11.6 Å². The maximum absolute atomic E-state index is 15.4. The molecule has 0 spiro atoms. The number of rotatable bonds is 5. The number of anilines is 1. The average Bonchev–Trinajstić information content (AvgIpc) is 3.42. The van der Waals surface area contributed by atoms with E-state index in [1.54, 1.807) is 54.5 Å². The number of nitrogens with zero attached hydrogens (tertiary/aromatic N) is 5. The molecule has 210 valence electrons. The number of morpholine rings is 1. The molecule has 1 fully saturated rings. The molecule has 2 aromatic heterocycles. The number of halogens is 2. The van der Waals surface area contributed by atoms with Crippen LogP contribution in [0.5, 0.6) is 5.75 Å². The molecule has 2 aliphatic rings. The number of fused-ring (bicyclic) bond motifs is 1. The third kappa shape index (κ3) is 5.09. The summed E-state index contributed by atoms with van der Waals surface area (Å²) in [5.41, 5.74) is 3.26. The van der Waals surface area contributed by atoms with Crippen LogP contribution in [0.4, 0.5) is 10.1 Å². The van der Waals surface area contributed by atoms with E-state index in [1.165, 1.54) is 11.1 Å². The van der Waals surface area contributed by atoms with Crippen molar-refractivity contribution in [1.29, 1.82) is 0 Å². The molecule has 1 saturated heterocycles.